The molecule has 0 spiro atoms. The maximum absolute atomic E-state index is 12.6. The first-order chi connectivity index (χ1) is 12.5. The minimum Gasteiger partial charge on any atom is -0.325 e. The lowest BCUT2D eigenvalue weighted by Gasteiger charge is -2.13. The van der Waals surface area contributed by atoms with Gasteiger partial charge in [-0.2, -0.15) is 0 Å². The molecule has 1 N–H and O–H groups in total. The quantitative estimate of drug-likeness (QED) is 0.513. The first kappa shape index (κ1) is 17.5. The maximum atomic E-state index is 12.6. The summed E-state index contributed by atoms with van der Waals surface area (Å²) in [5.41, 5.74) is 3.37. The van der Waals surface area contributed by atoms with Crippen molar-refractivity contribution >= 4 is 44.9 Å². The standard InChI is InChI=1S/C20H21N3OS2/c1-11-6-4-7-14(10-11)23-18(24)12(2)25-19-17-15-8-5-9-16(15)26-20(17)22-13(3)21-19/h4,6-7,10,12H,5,8-9H2,1-3H3,(H,23,24)/t12-/m1/s1. The Morgan fingerprint density at radius 1 is 1.27 bits per heavy atom. The number of aryl methyl sites for hydroxylation is 4. The van der Waals surface area contributed by atoms with Gasteiger partial charge in [0.1, 0.15) is 15.7 Å². The molecule has 6 heteroatoms. The molecule has 1 aliphatic carbocycles. The number of hydrogen-bond acceptors (Lipinski definition) is 5. The number of hydrogen-bond donors (Lipinski definition) is 1. The van der Waals surface area contributed by atoms with Gasteiger partial charge in [-0.1, -0.05) is 23.9 Å². The Labute approximate surface area is 161 Å². The number of benzene rings is 1. The van der Waals surface area contributed by atoms with Crippen molar-refractivity contribution in [1.29, 1.82) is 0 Å². The molecule has 0 fully saturated rings. The number of fused-ring (bicyclic) bond motifs is 3. The van der Waals surface area contributed by atoms with E-state index in [0.29, 0.717) is 0 Å². The van der Waals surface area contributed by atoms with E-state index in [1.54, 1.807) is 11.3 Å². The zero-order valence-corrected chi connectivity index (χ0v) is 16.8. The van der Waals surface area contributed by atoms with Gasteiger partial charge in [-0.3, -0.25) is 4.79 Å². The third-order valence-corrected chi connectivity index (χ3v) is 6.86. The van der Waals surface area contributed by atoms with Crippen molar-refractivity contribution in [1.82, 2.24) is 9.97 Å². The smallest absolute Gasteiger partial charge is 0.237 e. The number of nitrogens with zero attached hydrogens (tertiary/aromatic N) is 2. The molecule has 0 bridgehead atoms. The summed E-state index contributed by atoms with van der Waals surface area (Å²) in [7, 11) is 0. The van der Waals surface area contributed by atoms with E-state index in [1.807, 2.05) is 45.0 Å². The van der Waals surface area contributed by atoms with E-state index < -0.39 is 0 Å². The van der Waals surface area contributed by atoms with Crippen LogP contribution in [0.5, 0.6) is 0 Å². The largest absolute Gasteiger partial charge is 0.325 e. The molecule has 2 heterocycles. The lowest BCUT2D eigenvalue weighted by molar-refractivity contribution is -0.115. The van der Waals surface area contributed by atoms with Gasteiger partial charge in [0.2, 0.25) is 5.91 Å². The molecular weight excluding hydrogens is 362 g/mol. The molecule has 0 radical (unpaired) electrons. The van der Waals surface area contributed by atoms with Crippen LogP contribution in [0.2, 0.25) is 0 Å². The summed E-state index contributed by atoms with van der Waals surface area (Å²) < 4.78 is 0. The molecular formula is C20H21N3OS2. The van der Waals surface area contributed by atoms with Crippen LogP contribution in [0.15, 0.2) is 29.3 Å². The molecule has 2 aromatic heterocycles. The first-order valence-electron chi connectivity index (χ1n) is 8.84. The Balaban J connectivity index is 1.59. The van der Waals surface area contributed by atoms with Gasteiger partial charge >= 0.3 is 0 Å². The SMILES string of the molecule is Cc1cccc(NC(=O)[C@@H](C)Sc2nc(C)nc3sc4c(c23)CCC4)c1. The van der Waals surface area contributed by atoms with Crippen LogP contribution in [0, 0.1) is 13.8 Å². The molecule has 0 unspecified atom stereocenters. The van der Waals surface area contributed by atoms with Gasteiger partial charge in [-0.25, -0.2) is 9.97 Å². The van der Waals surface area contributed by atoms with E-state index in [-0.39, 0.29) is 11.2 Å². The van der Waals surface area contributed by atoms with Crippen molar-refractivity contribution in [2.75, 3.05) is 5.32 Å². The van der Waals surface area contributed by atoms with Gasteiger partial charge in [-0.15, -0.1) is 11.3 Å². The number of carbonyl (C=O) groups is 1. The average Bonchev–Trinajstić information content (AvgIpc) is 3.14. The normalized spacial score (nSPS) is 14.4. The molecule has 1 amide bonds. The lowest BCUT2D eigenvalue weighted by atomic mass is 10.2. The Morgan fingerprint density at radius 2 is 2.12 bits per heavy atom. The Kier molecular flexibility index (Phi) is 4.71. The number of thiophene rings is 1. The average molecular weight is 384 g/mol. The number of aromatic nitrogens is 2. The molecule has 1 aliphatic rings. The summed E-state index contributed by atoms with van der Waals surface area (Å²) in [4.78, 5) is 24.5. The second kappa shape index (κ2) is 7.00. The molecule has 3 aromatic rings. The molecule has 4 nitrogen and oxygen atoms in total. The van der Waals surface area contributed by atoms with Gasteiger partial charge in [0, 0.05) is 16.0 Å². The van der Waals surface area contributed by atoms with Crippen LogP contribution in [0.25, 0.3) is 10.2 Å². The highest BCUT2D eigenvalue weighted by atomic mass is 32.2. The second-order valence-electron chi connectivity index (χ2n) is 6.73. The molecule has 1 aromatic carbocycles. The molecule has 26 heavy (non-hydrogen) atoms. The van der Waals surface area contributed by atoms with Crippen molar-refractivity contribution in [3.63, 3.8) is 0 Å². The monoisotopic (exact) mass is 383 g/mol. The maximum Gasteiger partial charge on any atom is 0.237 e. The summed E-state index contributed by atoms with van der Waals surface area (Å²) in [6.07, 6.45) is 3.45. The molecule has 4 rings (SSSR count). The zero-order chi connectivity index (χ0) is 18.3. The summed E-state index contributed by atoms with van der Waals surface area (Å²) in [6.45, 7) is 5.88. The van der Waals surface area contributed by atoms with E-state index >= 15 is 0 Å². The highest BCUT2D eigenvalue weighted by Gasteiger charge is 2.24. The third-order valence-electron chi connectivity index (χ3n) is 4.59. The molecule has 1 atom stereocenters. The van der Waals surface area contributed by atoms with E-state index in [2.05, 4.69) is 15.3 Å². The number of anilines is 1. The van der Waals surface area contributed by atoms with Crippen LogP contribution >= 0.6 is 23.1 Å². The van der Waals surface area contributed by atoms with Gasteiger partial charge in [0.25, 0.3) is 0 Å². The topological polar surface area (TPSA) is 54.9 Å². The number of amides is 1. The number of carbonyl (C=O) groups excluding carboxylic acids is 1. The fraction of sp³-hybridized carbons (Fsp3) is 0.350. The lowest BCUT2D eigenvalue weighted by Crippen LogP contribution is -2.22. The zero-order valence-electron chi connectivity index (χ0n) is 15.1. The van der Waals surface area contributed by atoms with Crippen molar-refractivity contribution in [2.45, 2.75) is 50.3 Å². The van der Waals surface area contributed by atoms with Crippen molar-refractivity contribution in [3.8, 4) is 0 Å². The van der Waals surface area contributed by atoms with Crippen LogP contribution in [0.3, 0.4) is 0 Å². The summed E-state index contributed by atoms with van der Waals surface area (Å²) in [6, 6.07) is 7.87. The Morgan fingerprint density at radius 3 is 2.92 bits per heavy atom. The fourth-order valence-electron chi connectivity index (χ4n) is 3.34. The third kappa shape index (κ3) is 3.35. The van der Waals surface area contributed by atoms with Gasteiger partial charge in [0.05, 0.1) is 5.25 Å². The van der Waals surface area contributed by atoms with Crippen molar-refractivity contribution in [3.05, 3.63) is 46.1 Å². The molecule has 0 saturated heterocycles. The predicted molar refractivity (Wildman–Crippen MR) is 109 cm³/mol. The highest BCUT2D eigenvalue weighted by molar-refractivity contribution is 8.00. The van der Waals surface area contributed by atoms with Crippen LogP contribution in [0.4, 0.5) is 5.69 Å². The molecule has 134 valence electrons. The van der Waals surface area contributed by atoms with Gasteiger partial charge < -0.3 is 5.32 Å². The van der Waals surface area contributed by atoms with Crippen LogP contribution in [-0.4, -0.2) is 21.1 Å². The van der Waals surface area contributed by atoms with E-state index in [1.165, 1.54) is 34.0 Å². The van der Waals surface area contributed by atoms with Crippen molar-refractivity contribution < 1.29 is 4.79 Å². The number of nitrogens with one attached hydrogen (secondary N) is 1. The minimum absolute atomic E-state index is 0.00288. The fourth-order valence-corrected chi connectivity index (χ4v) is 5.73. The van der Waals surface area contributed by atoms with Crippen LogP contribution in [0.1, 0.15) is 35.2 Å². The molecule has 0 saturated carbocycles. The van der Waals surface area contributed by atoms with Crippen LogP contribution < -0.4 is 5.32 Å². The van der Waals surface area contributed by atoms with Gasteiger partial charge in [-0.05, 0) is 63.3 Å². The minimum atomic E-state index is -0.232. The first-order valence-corrected chi connectivity index (χ1v) is 10.5. The molecule has 0 aliphatic heterocycles. The van der Waals surface area contributed by atoms with Gasteiger partial charge in [0.15, 0.2) is 0 Å². The second-order valence-corrected chi connectivity index (χ2v) is 9.15. The number of thioether (sulfide) groups is 1. The van der Waals surface area contributed by atoms with E-state index in [0.717, 1.165) is 39.8 Å². The van der Waals surface area contributed by atoms with E-state index in [9.17, 15) is 4.79 Å². The highest BCUT2D eigenvalue weighted by Crippen LogP contribution is 2.41. The Hall–Kier alpha value is -1.92. The number of rotatable bonds is 4. The van der Waals surface area contributed by atoms with Crippen molar-refractivity contribution in [2.24, 2.45) is 0 Å². The Bertz CT molecular complexity index is 996. The summed E-state index contributed by atoms with van der Waals surface area (Å²) >= 11 is 3.32. The predicted octanol–water partition coefficient (Wildman–Crippen LogP) is 4.92. The van der Waals surface area contributed by atoms with E-state index in [4.69, 9.17) is 0 Å². The summed E-state index contributed by atoms with van der Waals surface area (Å²) in [5.74, 6) is 0.767. The summed E-state index contributed by atoms with van der Waals surface area (Å²) in [5, 5.41) is 4.90. The van der Waals surface area contributed by atoms with Crippen LogP contribution in [-0.2, 0) is 17.6 Å².